The molecule has 0 saturated carbocycles. The number of fused-ring (bicyclic) bond motifs is 1. The van der Waals surface area contributed by atoms with Gasteiger partial charge in [-0.25, -0.2) is 13.2 Å². The van der Waals surface area contributed by atoms with Gasteiger partial charge in [-0.2, -0.15) is 4.31 Å². The van der Waals surface area contributed by atoms with Gasteiger partial charge < -0.3 is 15.0 Å². The van der Waals surface area contributed by atoms with E-state index < -0.39 is 16.1 Å². The van der Waals surface area contributed by atoms with Crippen molar-refractivity contribution >= 4 is 33.3 Å². The third-order valence-electron chi connectivity index (χ3n) is 5.44. The largest absolute Gasteiger partial charge is 0.378 e. The van der Waals surface area contributed by atoms with E-state index >= 15 is 0 Å². The molecule has 3 amide bonds. The zero-order chi connectivity index (χ0) is 19.9. The fraction of sp³-hybridized carbons (Fsp3) is 0.556. The van der Waals surface area contributed by atoms with Gasteiger partial charge in [-0.1, -0.05) is 0 Å². The molecular weight excluding hydrogens is 384 g/mol. The van der Waals surface area contributed by atoms with E-state index in [1.165, 1.54) is 21.3 Å². The SMILES string of the molecule is CC1C(=O)Nc2ccc(S(=O)(=O)N3CCCC3)cc2N1C(=O)N1CCOCC1. The molecule has 1 N–H and O–H groups in total. The van der Waals surface area contributed by atoms with Crippen molar-refractivity contribution in [3.8, 4) is 0 Å². The van der Waals surface area contributed by atoms with Crippen molar-refractivity contribution in [2.75, 3.05) is 49.6 Å². The number of nitrogens with one attached hydrogen (secondary N) is 1. The number of sulfonamides is 1. The Labute approximate surface area is 164 Å². The maximum absolute atomic E-state index is 13.1. The topological polar surface area (TPSA) is 99.3 Å². The van der Waals surface area contributed by atoms with Crippen LogP contribution in [0.5, 0.6) is 0 Å². The number of hydrogen-bond acceptors (Lipinski definition) is 5. The maximum Gasteiger partial charge on any atom is 0.325 e. The lowest BCUT2D eigenvalue weighted by Gasteiger charge is -2.39. The van der Waals surface area contributed by atoms with Gasteiger partial charge in [0.05, 0.1) is 29.5 Å². The first kappa shape index (κ1) is 19.2. The highest BCUT2D eigenvalue weighted by Gasteiger charge is 2.38. The molecule has 0 radical (unpaired) electrons. The molecule has 152 valence electrons. The number of carbonyl (C=O) groups is 2. The normalized spacial score (nSPS) is 23.5. The van der Waals surface area contributed by atoms with Gasteiger partial charge in [0, 0.05) is 26.2 Å². The number of carbonyl (C=O) groups excluding carboxylic acids is 2. The maximum atomic E-state index is 13.1. The number of amides is 3. The summed E-state index contributed by atoms with van der Waals surface area (Å²) in [5, 5.41) is 2.76. The monoisotopic (exact) mass is 408 g/mol. The number of benzene rings is 1. The molecule has 4 rings (SSSR count). The molecule has 1 unspecified atom stereocenters. The van der Waals surface area contributed by atoms with Crippen molar-refractivity contribution in [2.24, 2.45) is 0 Å². The van der Waals surface area contributed by atoms with Crippen LogP contribution in [0.3, 0.4) is 0 Å². The first-order valence-electron chi connectivity index (χ1n) is 9.50. The number of morpholine rings is 1. The van der Waals surface area contributed by atoms with Crippen LogP contribution in [0.1, 0.15) is 19.8 Å². The predicted octanol–water partition coefficient (Wildman–Crippen LogP) is 1.07. The first-order valence-corrected chi connectivity index (χ1v) is 10.9. The standard InChI is InChI=1S/C18H24N4O5S/c1-13-17(23)19-15-5-4-14(28(25,26)21-6-2-3-7-21)12-16(15)22(13)18(24)20-8-10-27-11-9-20/h4-5,12-13H,2-3,6-11H2,1H3,(H,19,23). The van der Waals surface area contributed by atoms with Crippen LogP contribution in [0.25, 0.3) is 0 Å². The van der Waals surface area contributed by atoms with Gasteiger partial charge in [0.1, 0.15) is 6.04 Å². The van der Waals surface area contributed by atoms with Crippen molar-refractivity contribution in [1.82, 2.24) is 9.21 Å². The Morgan fingerprint density at radius 3 is 2.50 bits per heavy atom. The van der Waals surface area contributed by atoms with Crippen LogP contribution in [0.2, 0.25) is 0 Å². The van der Waals surface area contributed by atoms with E-state index in [0.717, 1.165) is 12.8 Å². The van der Waals surface area contributed by atoms with E-state index in [1.54, 1.807) is 17.9 Å². The summed E-state index contributed by atoms with van der Waals surface area (Å²) in [5.74, 6) is -0.302. The molecule has 3 aliphatic heterocycles. The first-order chi connectivity index (χ1) is 13.4. The van der Waals surface area contributed by atoms with E-state index in [9.17, 15) is 18.0 Å². The Balaban J connectivity index is 1.73. The Kier molecular flexibility index (Phi) is 5.02. The van der Waals surface area contributed by atoms with Crippen LogP contribution in [-0.2, 0) is 19.6 Å². The number of urea groups is 1. The molecule has 10 heteroatoms. The van der Waals surface area contributed by atoms with Crippen molar-refractivity contribution < 1.29 is 22.7 Å². The second-order valence-corrected chi connectivity index (χ2v) is 9.15. The van der Waals surface area contributed by atoms with E-state index in [-0.39, 0.29) is 16.8 Å². The summed E-state index contributed by atoms with van der Waals surface area (Å²) >= 11 is 0. The van der Waals surface area contributed by atoms with Gasteiger partial charge in [0.15, 0.2) is 0 Å². The van der Waals surface area contributed by atoms with E-state index in [2.05, 4.69) is 5.32 Å². The highest BCUT2D eigenvalue weighted by molar-refractivity contribution is 7.89. The highest BCUT2D eigenvalue weighted by atomic mass is 32.2. The molecule has 3 heterocycles. The summed E-state index contributed by atoms with van der Waals surface area (Å²) < 4.78 is 32.7. The van der Waals surface area contributed by atoms with Crippen molar-refractivity contribution in [3.05, 3.63) is 18.2 Å². The average Bonchev–Trinajstić information content (AvgIpc) is 3.25. The van der Waals surface area contributed by atoms with Crippen LogP contribution >= 0.6 is 0 Å². The number of ether oxygens (including phenoxy) is 1. The lowest BCUT2D eigenvalue weighted by Crippen LogP contribution is -2.56. The number of nitrogens with zero attached hydrogens (tertiary/aromatic N) is 3. The van der Waals surface area contributed by atoms with Gasteiger partial charge >= 0.3 is 6.03 Å². The summed E-state index contributed by atoms with van der Waals surface area (Å²) in [6.45, 7) is 4.40. The molecule has 1 aromatic rings. The fourth-order valence-corrected chi connectivity index (χ4v) is 5.33. The summed E-state index contributed by atoms with van der Waals surface area (Å²) in [6, 6.07) is 3.48. The Morgan fingerprint density at radius 1 is 1.14 bits per heavy atom. The van der Waals surface area contributed by atoms with E-state index in [1.807, 2.05) is 0 Å². The number of rotatable bonds is 2. The van der Waals surface area contributed by atoms with Crippen molar-refractivity contribution in [2.45, 2.75) is 30.7 Å². The predicted molar refractivity (Wildman–Crippen MR) is 103 cm³/mol. The number of anilines is 2. The summed E-state index contributed by atoms with van der Waals surface area (Å²) in [7, 11) is -3.63. The summed E-state index contributed by atoms with van der Waals surface area (Å²) in [5.41, 5.74) is 0.842. The van der Waals surface area contributed by atoms with Gasteiger partial charge in [-0.3, -0.25) is 9.69 Å². The van der Waals surface area contributed by atoms with E-state index in [0.29, 0.717) is 50.8 Å². The third kappa shape index (κ3) is 3.25. The van der Waals surface area contributed by atoms with E-state index in [4.69, 9.17) is 4.74 Å². The smallest absolute Gasteiger partial charge is 0.325 e. The molecule has 0 aromatic heterocycles. The van der Waals surface area contributed by atoms with Crippen molar-refractivity contribution in [3.63, 3.8) is 0 Å². The lowest BCUT2D eigenvalue weighted by atomic mass is 10.1. The Morgan fingerprint density at radius 2 is 1.82 bits per heavy atom. The summed E-state index contributed by atoms with van der Waals surface area (Å²) in [6.07, 6.45) is 1.69. The lowest BCUT2D eigenvalue weighted by molar-refractivity contribution is -0.117. The molecule has 2 fully saturated rings. The second kappa shape index (κ2) is 7.34. The van der Waals surface area contributed by atoms with Gasteiger partial charge in [-0.05, 0) is 38.0 Å². The molecule has 3 aliphatic rings. The molecule has 1 aromatic carbocycles. The van der Waals surface area contributed by atoms with Crippen LogP contribution in [-0.4, -0.2) is 75.0 Å². The Bertz CT molecular complexity index is 891. The molecule has 0 bridgehead atoms. The average molecular weight is 408 g/mol. The molecule has 2 saturated heterocycles. The Hall–Kier alpha value is -2.17. The quantitative estimate of drug-likeness (QED) is 0.789. The molecule has 9 nitrogen and oxygen atoms in total. The van der Waals surface area contributed by atoms with Crippen LogP contribution in [0.4, 0.5) is 16.2 Å². The molecule has 0 spiro atoms. The fourth-order valence-electron chi connectivity index (χ4n) is 3.79. The zero-order valence-electron chi connectivity index (χ0n) is 15.8. The molecule has 0 aliphatic carbocycles. The molecule has 1 atom stereocenters. The molecular formula is C18H24N4O5S. The molecule has 28 heavy (non-hydrogen) atoms. The third-order valence-corrected chi connectivity index (χ3v) is 7.34. The second-order valence-electron chi connectivity index (χ2n) is 7.21. The van der Waals surface area contributed by atoms with Gasteiger partial charge in [0.25, 0.3) is 0 Å². The van der Waals surface area contributed by atoms with Crippen LogP contribution in [0.15, 0.2) is 23.1 Å². The van der Waals surface area contributed by atoms with Crippen molar-refractivity contribution in [1.29, 1.82) is 0 Å². The minimum absolute atomic E-state index is 0.135. The zero-order valence-corrected chi connectivity index (χ0v) is 16.6. The minimum Gasteiger partial charge on any atom is -0.378 e. The van der Waals surface area contributed by atoms with Crippen LogP contribution < -0.4 is 10.2 Å². The van der Waals surface area contributed by atoms with Crippen LogP contribution in [0, 0.1) is 0 Å². The number of hydrogen-bond donors (Lipinski definition) is 1. The van der Waals surface area contributed by atoms with Gasteiger partial charge in [0.2, 0.25) is 15.9 Å². The highest BCUT2D eigenvalue weighted by Crippen LogP contribution is 2.36. The van der Waals surface area contributed by atoms with Gasteiger partial charge in [-0.15, -0.1) is 0 Å². The summed E-state index contributed by atoms with van der Waals surface area (Å²) in [4.78, 5) is 28.7. The minimum atomic E-state index is -3.63.